The zero-order chi connectivity index (χ0) is 26.6. The van der Waals surface area contributed by atoms with Gasteiger partial charge in [0.1, 0.15) is 22.5 Å². The molecule has 0 saturated carbocycles. The largest absolute Gasteiger partial charge is 0.450 e. The van der Waals surface area contributed by atoms with Gasteiger partial charge in [-0.1, -0.05) is 17.7 Å². The fourth-order valence-electron chi connectivity index (χ4n) is 2.64. The summed E-state index contributed by atoms with van der Waals surface area (Å²) in [5, 5.41) is 11.8. The fraction of sp³-hybridized carbons (Fsp3) is 0.130. The Balaban J connectivity index is 1.49. The average Bonchev–Trinajstić information content (AvgIpc) is 2.91. The highest BCUT2D eigenvalue weighted by molar-refractivity contribution is 8.02. The van der Waals surface area contributed by atoms with Gasteiger partial charge in [-0.2, -0.15) is 10.2 Å². The molecule has 0 aromatic heterocycles. The molecule has 0 amide bonds. The van der Waals surface area contributed by atoms with Crippen LogP contribution in [0.25, 0.3) is 10.4 Å². The normalized spacial score (nSPS) is 12.5. The molecule has 192 valence electrons. The van der Waals surface area contributed by atoms with Gasteiger partial charge in [0.15, 0.2) is 0 Å². The molecule has 0 aliphatic heterocycles. The molecule has 0 N–H and O–H groups in total. The molecule has 2 unspecified atom stereocenters. The van der Waals surface area contributed by atoms with Crippen LogP contribution in [0.5, 0.6) is 17.2 Å². The zero-order valence-corrected chi connectivity index (χ0v) is 23.9. The van der Waals surface area contributed by atoms with Crippen molar-refractivity contribution in [2.24, 2.45) is 15.5 Å². The third kappa shape index (κ3) is 9.53. The van der Waals surface area contributed by atoms with E-state index in [4.69, 9.17) is 43.0 Å². The van der Waals surface area contributed by atoms with Crippen molar-refractivity contribution in [3.05, 3.63) is 99.9 Å². The molecule has 0 radical (unpaired) electrons. The van der Waals surface area contributed by atoms with Crippen LogP contribution in [0.1, 0.15) is 16.7 Å². The third-order valence-corrected chi connectivity index (χ3v) is 8.86. The monoisotopic (exact) mass is 573 g/mol. The van der Waals surface area contributed by atoms with Crippen LogP contribution in [0, 0.1) is 6.92 Å². The summed E-state index contributed by atoms with van der Waals surface area (Å²) in [5.41, 5.74) is 11.2. The van der Waals surface area contributed by atoms with Crippen LogP contribution in [0.15, 0.2) is 88.3 Å². The van der Waals surface area contributed by atoms with Crippen molar-refractivity contribution in [3.63, 3.8) is 0 Å². The van der Waals surface area contributed by atoms with Crippen molar-refractivity contribution in [1.29, 1.82) is 0 Å². The minimum atomic E-state index is -1.82. The smallest absolute Gasteiger partial charge is 0.207 e. The maximum absolute atomic E-state index is 8.28. The van der Waals surface area contributed by atoms with E-state index in [1.54, 1.807) is 60.3 Å². The third-order valence-electron chi connectivity index (χ3n) is 4.66. The molecule has 10 nitrogen and oxygen atoms in total. The maximum Gasteiger partial charge on any atom is 0.207 e. The van der Waals surface area contributed by atoms with E-state index >= 15 is 0 Å². The molecule has 3 aromatic carbocycles. The molecule has 2 atom stereocenters. The van der Waals surface area contributed by atoms with Gasteiger partial charge >= 0.3 is 0 Å². The Kier molecular flexibility index (Phi) is 11.0. The van der Waals surface area contributed by atoms with E-state index in [-0.39, 0.29) is 0 Å². The summed E-state index contributed by atoms with van der Waals surface area (Å²) in [4.78, 5) is 7.35. The first kappa shape index (κ1) is 28.2. The van der Waals surface area contributed by atoms with E-state index in [1.807, 2.05) is 55.5 Å². The second-order valence-corrected chi connectivity index (χ2v) is 12.3. The van der Waals surface area contributed by atoms with Crippen molar-refractivity contribution in [3.8, 4) is 17.2 Å². The van der Waals surface area contributed by atoms with Crippen LogP contribution < -0.4 is 13.9 Å². The van der Waals surface area contributed by atoms with E-state index in [2.05, 4.69) is 20.4 Å². The van der Waals surface area contributed by atoms with E-state index in [9.17, 15) is 0 Å². The van der Waals surface area contributed by atoms with Gasteiger partial charge in [0, 0.05) is 19.0 Å². The van der Waals surface area contributed by atoms with Gasteiger partial charge in [-0.25, -0.2) is 9.56 Å². The summed E-state index contributed by atoms with van der Waals surface area (Å²) in [7, 11) is 0.0236. The molecule has 0 saturated heterocycles. The highest BCUT2D eigenvalue weighted by Crippen LogP contribution is 2.32. The molecule has 0 heterocycles. The number of hydrogen-bond acceptors (Lipinski definition) is 8. The van der Waals surface area contributed by atoms with Crippen LogP contribution >= 0.6 is 14.1 Å². The minimum absolute atomic E-state index is 0.431. The van der Waals surface area contributed by atoms with E-state index < -0.39 is 14.1 Å². The second-order valence-electron chi connectivity index (χ2n) is 7.49. The Labute approximate surface area is 226 Å². The lowest BCUT2D eigenvalue weighted by molar-refractivity contribution is 0.333. The summed E-state index contributed by atoms with van der Waals surface area (Å²) in [5.74, 6) is 1.82. The second kappa shape index (κ2) is 14.4. The topological polar surface area (TPSA) is 108 Å². The Bertz CT molecular complexity index is 1330. The van der Waals surface area contributed by atoms with Gasteiger partial charge in [0.25, 0.3) is 0 Å². The predicted octanol–water partition coefficient (Wildman–Crippen LogP) is 6.30. The highest BCUT2D eigenvalue weighted by atomic mass is 32.4. The minimum Gasteiger partial charge on any atom is -0.450 e. The Morgan fingerprint density at radius 3 is 1.57 bits per heavy atom. The van der Waals surface area contributed by atoms with Gasteiger partial charge < -0.3 is 13.9 Å². The van der Waals surface area contributed by atoms with E-state index in [0.717, 1.165) is 22.4 Å². The molecule has 14 heteroatoms. The Morgan fingerprint density at radius 1 is 0.730 bits per heavy atom. The highest BCUT2D eigenvalue weighted by Gasteiger charge is 2.05. The van der Waals surface area contributed by atoms with Crippen LogP contribution in [0.4, 0.5) is 0 Å². The van der Waals surface area contributed by atoms with Crippen molar-refractivity contribution in [1.82, 2.24) is 9.56 Å². The molecule has 3 rings (SSSR count). The molecule has 0 aliphatic carbocycles. The Hall–Kier alpha value is -3.39. The number of benzene rings is 3. The summed E-state index contributed by atoms with van der Waals surface area (Å²) >= 11 is 11.0. The first-order valence-corrected chi connectivity index (χ1v) is 15.8. The predicted molar refractivity (Wildman–Crippen MR) is 157 cm³/mol. The van der Waals surface area contributed by atoms with Gasteiger partial charge in [-0.15, -0.1) is 0 Å². The number of hydrazone groups is 2. The van der Waals surface area contributed by atoms with Crippen LogP contribution in [0.2, 0.25) is 0 Å². The molecular formula is C23H25N7O3P2S2. The molecule has 37 heavy (non-hydrogen) atoms. The number of hydrogen-bond donors (Lipinski definition) is 0. The first-order valence-electron chi connectivity index (χ1n) is 10.8. The van der Waals surface area contributed by atoms with Crippen LogP contribution in [-0.2, 0) is 23.6 Å². The molecule has 0 aliphatic rings. The number of aryl methyl sites for hydroxylation is 1. The SMILES string of the molecule is Cc1ccc(O[PH](=S)N(C)/N=C/c2ccc(O[PH](=S)N(C)/N=C/c3ccc(ON=[N+]=[N-])cc3)cc2)cc1. The lowest BCUT2D eigenvalue weighted by atomic mass is 10.2. The number of nitrogens with zero attached hydrogens (tertiary/aromatic N) is 7. The molecule has 0 spiro atoms. The quantitative estimate of drug-likeness (QED) is 0.0625. The standard InChI is InChI=1S/C23H25N7O3P2S2/c1-18-4-10-22(11-5-18)32-34(36)29(2)26-17-20-8-14-23(15-9-20)33-35(37)30(3)25-16-19-6-12-21(13-7-19)31-28-27-24/h4-17,34-35H,1-3H3/b25-16+,26-17+. The summed E-state index contributed by atoms with van der Waals surface area (Å²) in [6.07, 6.45) is 3.38. The lowest BCUT2D eigenvalue weighted by Gasteiger charge is -2.17. The van der Waals surface area contributed by atoms with Crippen molar-refractivity contribution in [2.75, 3.05) is 14.1 Å². The van der Waals surface area contributed by atoms with Crippen LogP contribution in [0.3, 0.4) is 0 Å². The first-order chi connectivity index (χ1) is 17.8. The van der Waals surface area contributed by atoms with Crippen molar-refractivity contribution < 1.29 is 13.9 Å². The van der Waals surface area contributed by atoms with Gasteiger partial charge in [0.05, 0.1) is 12.4 Å². The zero-order valence-electron chi connectivity index (χ0n) is 20.3. The fourth-order valence-corrected chi connectivity index (χ4v) is 4.75. The molecular weight excluding hydrogens is 548 g/mol. The summed E-state index contributed by atoms with van der Waals surface area (Å²) in [6.45, 7) is 2.02. The lowest BCUT2D eigenvalue weighted by Crippen LogP contribution is -2.04. The van der Waals surface area contributed by atoms with E-state index in [1.165, 1.54) is 0 Å². The molecule has 3 aromatic rings. The van der Waals surface area contributed by atoms with Crippen molar-refractivity contribution in [2.45, 2.75) is 6.92 Å². The Morgan fingerprint density at radius 2 is 1.14 bits per heavy atom. The van der Waals surface area contributed by atoms with E-state index in [0.29, 0.717) is 11.5 Å². The average molecular weight is 574 g/mol. The van der Waals surface area contributed by atoms with Gasteiger partial charge in [-0.05, 0) is 108 Å². The van der Waals surface area contributed by atoms with Gasteiger partial charge in [-0.3, -0.25) is 0 Å². The number of rotatable bonds is 12. The summed E-state index contributed by atoms with van der Waals surface area (Å²) < 4.78 is 15.0. The van der Waals surface area contributed by atoms with Gasteiger partial charge in [0.2, 0.25) is 14.1 Å². The van der Waals surface area contributed by atoms with Crippen LogP contribution in [-0.4, -0.2) is 36.1 Å². The molecule has 0 bridgehead atoms. The van der Waals surface area contributed by atoms with Crippen molar-refractivity contribution >= 4 is 50.2 Å². The molecule has 0 fully saturated rings. The summed E-state index contributed by atoms with van der Waals surface area (Å²) in [6, 6.07) is 22.1. The number of azide groups is 1. The maximum atomic E-state index is 8.28.